The fourth-order valence-corrected chi connectivity index (χ4v) is 2.80. The van der Waals surface area contributed by atoms with Crippen molar-refractivity contribution in [2.45, 2.75) is 45.6 Å². The second-order valence-corrected chi connectivity index (χ2v) is 5.67. The molecule has 1 rings (SSSR count). The molecule has 0 spiro atoms. The Morgan fingerprint density at radius 1 is 1.47 bits per heavy atom. The van der Waals surface area contributed by atoms with E-state index in [2.05, 4.69) is 30.7 Å². The number of hydrogen-bond acceptors (Lipinski definition) is 3. The van der Waals surface area contributed by atoms with Crippen molar-refractivity contribution in [2.75, 3.05) is 39.8 Å². The zero-order valence-electron chi connectivity index (χ0n) is 12.0. The summed E-state index contributed by atoms with van der Waals surface area (Å²) in [6.45, 7) is 10.3. The molecule has 3 nitrogen and oxygen atoms in total. The Hall–Kier alpha value is -0.120. The molecule has 17 heavy (non-hydrogen) atoms. The van der Waals surface area contributed by atoms with Gasteiger partial charge in [-0.3, -0.25) is 4.90 Å². The Kier molecular flexibility index (Phi) is 7.09. The summed E-state index contributed by atoms with van der Waals surface area (Å²) in [6, 6.07) is 0.803. The standard InChI is InChI=1S/C14H31N3/c1-4-17-10-6-8-14(17)12-16(3)9-5-7-13(2)11-15/h13-14H,4-12,15H2,1-3H3. The van der Waals surface area contributed by atoms with Gasteiger partial charge in [-0.05, 0) is 64.8 Å². The van der Waals surface area contributed by atoms with Gasteiger partial charge in [-0.1, -0.05) is 13.8 Å². The molecule has 0 bridgehead atoms. The van der Waals surface area contributed by atoms with E-state index in [9.17, 15) is 0 Å². The SMILES string of the molecule is CCN1CCCC1CN(C)CCCC(C)CN. The molecule has 2 N–H and O–H groups in total. The van der Waals surface area contributed by atoms with Crippen LogP contribution in [0, 0.1) is 5.92 Å². The summed E-state index contributed by atoms with van der Waals surface area (Å²) in [4.78, 5) is 5.13. The van der Waals surface area contributed by atoms with Gasteiger partial charge in [-0.25, -0.2) is 0 Å². The van der Waals surface area contributed by atoms with Crippen LogP contribution in [-0.4, -0.2) is 55.6 Å². The molecule has 1 saturated heterocycles. The summed E-state index contributed by atoms with van der Waals surface area (Å²) in [5.74, 6) is 0.682. The molecule has 2 atom stereocenters. The molecule has 0 radical (unpaired) electrons. The monoisotopic (exact) mass is 241 g/mol. The highest BCUT2D eigenvalue weighted by molar-refractivity contribution is 4.80. The number of nitrogens with two attached hydrogens (primary N) is 1. The Morgan fingerprint density at radius 3 is 2.88 bits per heavy atom. The Morgan fingerprint density at radius 2 is 2.24 bits per heavy atom. The minimum absolute atomic E-state index is 0.682. The van der Waals surface area contributed by atoms with Crippen LogP contribution in [0.5, 0.6) is 0 Å². The van der Waals surface area contributed by atoms with E-state index in [1.165, 1.54) is 51.9 Å². The topological polar surface area (TPSA) is 32.5 Å². The maximum atomic E-state index is 5.64. The first-order valence-corrected chi connectivity index (χ1v) is 7.30. The van der Waals surface area contributed by atoms with Gasteiger partial charge < -0.3 is 10.6 Å². The van der Waals surface area contributed by atoms with Gasteiger partial charge in [0.25, 0.3) is 0 Å². The Bertz CT molecular complexity index is 196. The van der Waals surface area contributed by atoms with Gasteiger partial charge in [0.15, 0.2) is 0 Å². The minimum Gasteiger partial charge on any atom is -0.330 e. The zero-order valence-corrected chi connectivity index (χ0v) is 12.0. The summed E-state index contributed by atoms with van der Waals surface area (Å²) >= 11 is 0. The lowest BCUT2D eigenvalue weighted by atomic mass is 10.1. The van der Waals surface area contributed by atoms with Gasteiger partial charge in [0.1, 0.15) is 0 Å². The molecule has 1 heterocycles. The van der Waals surface area contributed by atoms with Crippen LogP contribution in [0.25, 0.3) is 0 Å². The van der Waals surface area contributed by atoms with E-state index in [1.54, 1.807) is 0 Å². The smallest absolute Gasteiger partial charge is 0.0223 e. The molecule has 102 valence electrons. The van der Waals surface area contributed by atoms with Crippen LogP contribution in [0.1, 0.15) is 39.5 Å². The van der Waals surface area contributed by atoms with E-state index in [0.29, 0.717) is 5.92 Å². The van der Waals surface area contributed by atoms with Crippen LogP contribution in [0.15, 0.2) is 0 Å². The molecular weight excluding hydrogens is 210 g/mol. The summed E-state index contributed by atoms with van der Waals surface area (Å²) in [5.41, 5.74) is 5.64. The third-order valence-electron chi connectivity index (χ3n) is 4.07. The quantitative estimate of drug-likeness (QED) is 0.703. The van der Waals surface area contributed by atoms with Gasteiger partial charge in [0.2, 0.25) is 0 Å². The van der Waals surface area contributed by atoms with Crippen molar-refractivity contribution >= 4 is 0 Å². The minimum atomic E-state index is 0.682. The van der Waals surface area contributed by atoms with Crippen molar-refractivity contribution in [1.29, 1.82) is 0 Å². The number of likely N-dealkylation sites (tertiary alicyclic amines) is 1. The number of nitrogens with zero attached hydrogens (tertiary/aromatic N) is 2. The number of likely N-dealkylation sites (N-methyl/N-ethyl adjacent to an activating group) is 2. The highest BCUT2D eigenvalue weighted by Gasteiger charge is 2.23. The predicted molar refractivity (Wildman–Crippen MR) is 75.2 cm³/mol. The van der Waals surface area contributed by atoms with Crippen molar-refractivity contribution in [3.8, 4) is 0 Å². The second kappa shape index (κ2) is 8.06. The fourth-order valence-electron chi connectivity index (χ4n) is 2.80. The molecule has 2 unspecified atom stereocenters. The zero-order chi connectivity index (χ0) is 12.7. The van der Waals surface area contributed by atoms with Gasteiger partial charge in [0.05, 0.1) is 0 Å². The molecule has 1 fully saturated rings. The van der Waals surface area contributed by atoms with Gasteiger partial charge in [-0.15, -0.1) is 0 Å². The van der Waals surface area contributed by atoms with E-state index in [0.717, 1.165) is 12.6 Å². The number of rotatable bonds is 8. The van der Waals surface area contributed by atoms with E-state index < -0.39 is 0 Å². The van der Waals surface area contributed by atoms with E-state index in [-0.39, 0.29) is 0 Å². The van der Waals surface area contributed by atoms with Crippen molar-refractivity contribution in [3.63, 3.8) is 0 Å². The van der Waals surface area contributed by atoms with Crippen molar-refractivity contribution in [3.05, 3.63) is 0 Å². The molecule has 0 saturated carbocycles. The van der Waals surface area contributed by atoms with Crippen LogP contribution in [0.2, 0.25) is 0 Å². The van der Waals surface area contributed by atoms with Crippen molar-refractivity contribution < 1.29 is 0 Å². The Balaban J connectivity index is 2.13. The van der Waals surface area contributed by atoms with Gasteiger partial charge >= 0.3 is 0 Å². The average Bonchev–Trinajstić information content (AvgIpc) is 2.76. The lowest BCUT2D eigenvalue weighted by Gasteiger charge is -2.27. The second-order valence-electron chi connectivity index (χ2n) is 5.67. The summed E-state index contributed by atoms with van der Waals surface area (Å²) < 4.78 is 0. The first-order valence-electron chi connectivity index (χ1n) is 7.30. The molecule has 3 heteroatoms. The third kappa shape index (κ3) is 5.36. The lowest BCUT2D eigenvalue weighted by Crippen LogP contribution is -2.39. The van der Waals surface area contributed by atoms with Crippen LogP contribution in [0.3, 0.4) is 0 Å². The van der Waals surface area contributed by atoms with Gasteiger partial charge in [-0.2, -0.15) is 0 Å². The predicted octanol–water partition coefficient (Wildman–Crippen LogP) is 1.78. The van der Waals surface area contributed by atoms with Crippen LogP contribution in [-0.2, 0) is 0 Å². The molecule has 0 amide bonds. The average molecular weight is 241 g/mol. The molecule has 1 aliphatic rings. The molecule has 0 aliphatic carbocycles. The molecular formula is C14H31N3. The normalized spacial score (nSPS) is 23.5. The van der Waals surface area contributed by atoms with Gasteiger partial charge in [0, 0.05) is 12.6 Å². The highest BCUT2D eigenvalue weighted by Crippen LogP contribution is 2.17. The van der Waals surface area contributed by atoms with E-state index in [1.807, 2.05) is 0 Å². The lowest BCUT2D eigenvalue weighted by molar-refractivity contribution is 0.195. The fraction of sp³-hybridized carbons (Fsp3) is 1.00. The molecule has 1 aliphatic heterocycles. The highest BCUT2D eigenvalue weighted by atomic mass is 15.2. The van der Waals surface area contributed by atoms with Crippen LogP contribution in [0.4, 0.5) is 0 Å². The third-order valence-corrected chi connectivity index (χ3v) is 4.07. The molecule has 0 aromatic carbocycles. The molecule has 0 aromatic heterocycles. The van der Waals surface area contributed by atoms with E-state index >= 15 is 0 Å². The summed E-state index contributed by atoms with van der Waals surface area (Å²) in [6.07, 6.45) is 5.32. The van der Waals surface area contributed by atoms with Crippen LogP contribution < -0.4 is 5.73 Å². The maximum Gasteiger partial charge on any atom is 0.0223 e. The Labute approximate surface area is 107 Å². The molecule has 0 aromatic rings. The summed E-state index contributed by atoms with van der Waals surface area (Å²) in [7, 11) is 2.26. The first-order chi connectivity index (χ1) is 8.17. The maximum absolute atomic E-state index is 5.64. The largest absolute Gasteiger partial charge is 0.330 e. The number of hydrogen-bond donors (Lipinski definition) is 1. The van der Waals surface area contributed by atoms with E-state index in [4.69, 9.17) is 5.73 Å². The van der Waals surface area contributed by atoms with Crippen LogP contribution >= 0.6 is 0 Å². The summed E-state index contributed by atoms with van der Waals surface area (Å²) in [5, 5.41) is 0. The first kappa shape index (κ1) is 14.9. The van der Waals surface area contributed by atoms with Crippen molar-refractivity contribution in [2.24, 2.45) is 11.7 Å². The van der Waals surface area contributed by atoms with Crippen molar-refractivity contribution in [1.82, 2.24) is 9.80 Å².